The summed E-state index contributed by atoms with van der Waals surface area (Å²) in [5.74, 6) is -0.820. The zero-order valence-corrected chi connectivity index (χ0v) is 6.40. The van der Waals surface area contributed by atoms with Gasteiger partial charge in [0.1, 0.15) is 6.33 Å². The van der Waals surface area contributed by atoms with Crippen LogP contribution in [0.3, 0.4) is 0 Å². The molecule has 0 unspecified atom stereocenters. The van der Waals surface area contributed by atoms with Crippen molar-refractivity contribution < 1.29 is 9.90 Å². The van der Waals surface area contributed by atoms with Gasteiger partial charge in [0.15, 0.2) is 0 Å². The largest absolute Gasteiger partial charge is 0.481 e. The topological polar surface area (TPSA) is 75.1 Å². The van der Waals surface area contributed by atoms with E-state index in [9.17, 15) is 4.79 Å². The number of hydrogen-bond acceptors (Lipinski definition) is 4. The van der Waals surface area contributed by atoms with Gasteiger partial charge in [0, 0.05) is 6.54 Å². The molecule has 0 saturated carbocycles. The van der Waals surface area contributed by atoms with Gasteiger partial charge < -0.3 is 10.4 Å². The van der Waals surface area contributed by atoms with Gasteiger partial charge in [-0.25, -0.2) is 9.97 Å². The summed E-state index contributed by atoms with van der Waals surface area (Å²) in [6.07, 6.45) is 4.70. The van der Waals surface area contributed by atoms with E-state index in [0.717, 1.165) is 5.69 Å². The van der Waals surface area contributed by atoms with Crippen molar-refractivity contribution in [3.8, 4) is 0 Å². The molecule has 0 bridgehead atoms. The molecule has 64 valence electrons. The van der Waals surface area contributed by atoms with E-state index >= 15 is 0 Å². The van der Waals surface area contributed by atoms with Gasteiger partial charge in [-0.2, -0.15) is 0 Å². The lowest BCUT2D eigenvalue weighted by Crippen LogP contribution is -2.07. The van der Waals surface area contributed by atoms with Gasteiger partial charge in [-0.3, -0.25) is 4.79 Å². The van der Waals surface area contributed by atoms with Gasteiger partial charge in [0.05, 0.1) is 24.5 Å². The number of hydrogen-bond donors (Lipinski definition) is 2. The fourth-order valence-corrected chi connectivity index (χ4v) is 0.704. The van der Waals surface area contributed by atoms with E-state index in [2.05, 4.69) is 15.3 Å². The van der Waals surface area contributed by atoms with E-state index in [0.29, 0.717) is 6.54 Å². The molecule has 0 fully saturated rings. The van der Waals surface area contributed by atoms with Crippen LogP contribution in [0.2, 0.25) is 0 Å². The van der Waals surface area contributed by atoms with Gasteiger partial charge in [-0.1, -0.05) is 0 Å². The predicted molar refractivity (Wildman–Crippen MR) is 42.8 cm³/mol. The third-order valence-corrected chi connectivity index (χ3v) is 1.23. The molecule has 1 heterocycles. The molecular formula is C7H9N3O2. The normalized spacial score (nSPS) is 9.33. The maximum absolute atomic E-state index is 10.1. The lowest BCUT2D eigenvalue weighted by atomic mass is 10.4. The molecule has 1 aromatic heterocycles. The first-order valence-electron chi connectivity index (χ1n) is 3.49. The van der Waals surface area contributed by atoms with Crippen molar-refractivity contribution in [2.75, 3.05) is 11.9 Å². The highest BCUT2D eigenvalue weighted by molar-refractivity contribution is 5.67. The quantitative estimate of drug-likeness (QED) is 0.677. The Bertz CT molecular complexity index is 250. The first-order chi connectivity index (χ1) is 5.79. The van der Waals surface area contributed by atoms with Crippen molar-refractivity contribution in [1.29, 1.82) is 0 Å². The molecule has 0 atom stereocenters. The molecule has 1 rings (SSSR count). The Hall–Kier alpha value is -1.65. The molecule has 0 spiro atoms. The highest BCUT2D eigenvalue weighted by Gasteiger charge is 1.95. The molecule has 0 aliphatic carbocycles. The van der Waals surface area contributed by atoms with Crippen molar-refractivity contribution >= 4 is 11.7 Å². The van der Waals surface area contributed by atoms with Crippen LogP contribution in [0.5, 0.6) is 0 Å². The number of aliphatic carboxylic acids is 1. The third kappa shape index (κ3) is 2.96. The first kappa shape index (κ1) is 8.45. The monoisotopic (exact) mass is 167 g/mol. The molecular weight excluding hydrogens is 158 g/mol. The van der Waals surface area contributed by atoms with E-state index in [1.54, 1.807) is 12.4 Å². The Labute approximate surface area is 69.5 Å². The lowest BCUT2D eigenvalue weighted by molar-refractivity contribution is -0.136. The van der Waals surface area contributed by atoms with Crippen LogP contribution in [-0.2, 0) is 4.79 Å². The van der Waals surface area contributed by atoms with E-state index in [4.69, 9.17) is 5.11 Å². The van der Waals surface area contributed by atoms with Crippen LogP contribution in [0.25, 0.3) is 0 Å². The Balaban J connectivity index is 2.29. The predicted octanol–water partition coefficient (Wildman–Crippen LogP) is 0.363. The Morgan fingerprint density at radius 3 is 2.75 bits per heavy atom. The summed E-state index contributed by atoms with van der Waals surface area (Å²) in [6.45, 7) is 0.392. The van der Waals surface area contributed by atoms with Crippen LogP contribution in [0.4, 0.5) is 5.69 Å². The van der Waals surface area contributed by atoms with Crippen LogP contribution in [-0.4, -0.2) is 27.6 Å². The molecule has 5 nitrogen and oxygen atoms in total. The third-order valence-electron chi connectivity index (χ3n) is 1.23. The van der Waals surface area contributed by atoms with Gasteiger partial charge in [-0.05, 0) is 0 Å². The standard InChI is InChI=1S/C7H9N3O2/c11-7(12)1-2-10-6-3-8-5-9-4-6/h3-5,10H,1-2H2,(H,11,12). The summed E-state index contributed by atoms with van der Waals surface area (Å²) in [6, 6.07) is 0. The Morgan fingerprint density at radius 2 is 2.17 bits per heavy atom. The highest BCUT2D eigenvalue weighted by Crippen LogP contribution is 1.99. The minimum Gasteiger partial charge on any atom is -0.481 e. The molecule has 0 aromatic carbocycles. The maximum Gasteiger partial charge on any atom is 0.305 e. The van der Waals surface area contributed by atoms with Gasteiger partial charge in [-0.15, -0.1) is 0 Å². The average molecular weight is 167 g/mol. The molecule has 0 saturated heterocycles. The lowest BCUT2D eigenvalue weighted by Gasteiger charge is -2.01. The summed E-state index contributed by atoms with van der Waals surface area (Å²) in [7, 11) is 0. The minimum atomic E-state index is -0.820. The summed E-state index contributed by atoms with van der Waals surface area (Å²) < 4.78 is 0. The van der Waals surface area contributed by atoms with Crippen LogP contribution in [0.1, 0.15) is 6.42 Å². The molecule has 0 amide bonds. The van der Waals surface area contributed by atoms with E-state index in [-0.39, 0.29) is 6.42 Å². The number of rotatable bonds is 4. The highest BCUT2D eigenvalue weighted by atomic mass is 16.4. The molecule has 12 heavy (non-hydrogen) atoms. The number of anilines is 1. The summed E-state index contributed by atoms with van der Waals surface area (Å²) in [5, 5.41) is 11.2. The van der Waals surface area contributed by atoms with Crippen molar-refractivity contribution in [2.45, 2.75) is 6.42 Å². The molecule has 0 aliphatic rings. The van der Waals surface area contributed by atoms with Crippen molar-refractivity contribution in [3.63, 3.8) is 0 Å². The second-order valence-corrected chi connectivity index (χ2v) is 2.20. The number of carboxylic acid groups (broad SMARTS) is 1. The van der Waals surface area contributed by atoms with Crippen molar-refractivity contribution in [1.82, 2.24) is 9.97 Å². The minimum absolute atomic E-state index is 0.0922. The smallest absolute Gasteiger partial charge is 0.305 e. The van der Waals surface area contributed by atoms with Crippen LogP contribution in [0, 0.1) is 0 Å². The Kier molecular flexibility index (Phi) is 3.01. The van der Waals surface area contributed by atoms with Crippen molar-refractivity contribution in [2.24, 2.45) is 0 Å². The molecule has 0 radical (unpaired) electrons. The van der Waals surface area contributed by atoms with Gasteiger partial charge >= 0.3 is 5.97 Å². The van der Waals surface area contributed by atoms with Crippen LogP contribution < -0.4 is 5.32 Å². The van der Waals surface area contributed by atoms with E-state index in [1.807, 2.05) is 0 Å². The second-order valence-electron chi connectivity index (χ2n) is 2.20. The SMILES string of the molecule is O=C(O)CCNc1cncnc1. The molecule has 2 N–H and O–H groups in total. The number of aromatic nitrogens is 2. The fourth-order valence-electron chi connectivity index (χ4n) is 0.704. The molecule has 5 heteroatoms. The van der Waals surface area contributed by atoms with Crippen molar-refractivity contribution in [3.05, 3.63) is 18.7 Å². The second kappa shape index (κ2) is 4.27. The maximum atomic E-state index is 10.1. The number of carboxylic acids is 1. The summed E-state index contributed by atoms with van der Waals surface area (Å²) >= 11 is 0. The van der Waals surface area contributed by atoms with Crippen LogP contribution in [0.15, 0.2) is 18.7 Å². The molecule has 1 aromatic rings. The van der Waals surface area contributed by atoms with Gasteiger partial charge in [0.2, 0.25) is 0 Å². The average Bonchev–Trinajstić information content (AvgIpc) is 2.05. The zero-order valence-electron chi connectivity index (χ0n) is 6.40. The summed E-state index contributed by atoms with van der Waals surface area (Å²) in [5.41, 5.74) is 0.735. The van der Waals surface area contributed by atoms with E-state index in [1.165, 1.54) is 6.33 Å². The molecule has 0 aliphatic heterocycles. The Morgan fingerprint density at radius 1 is 1.50 bits per heavy atom. The van der Waals surface area contributed by atoms with Crippen LogP contribution >= 0.6 is 0 Å². The van der Waals surface area contributed by atoms with E-state index < -0.39 is 5.97 Å². The number of nitrogens with zero attached hydrogens (tertiary/aromatic N) is 2. The van der Waals surface area contributed by atoms with Gasteiger partial charge in [0.25, 0.3) is 0 Å². The summed E-state index contributed by atoms with van der Waals surface area (Å²) in [4.78, 5) is 17.6. The number of nitrogens with one attached hydrogen (secondary N) is 1. The number of carbonyl (C=O) groups is 1. The first-order valence-corrected chi connectivity index (χ1v) is 3.49. The fraction of sp³-hybridized carbons (Fsp3) is 0.286. The zero-order chi connectivity index (χ0) is 8.81.